The molecule has 0 radical (unpaired) electrons. The second-order valence-electron chi connectivity index (χ2n) is 7.20. The summed E-state index contributed by atoms with van der Waals surface area (Å²) in [6.07, 6.45) is -0.261. The lowest BCUT2D eigenvalue weighted by Gasteiger charge is -2.20. The van der Waals surface area contributed by atoms with Crippen molar-refractivity contribution in [1.29, 1.82) is 0 Å². The van der Waals surface area contributed by atoms with Crippen LogP contribution in [0.5, 0.6) is 0 Å². The first-order valence-electron chi connectivity index (χ1n) is 9.69. The maximum Gasteiger partial charge on any atom is 0.410 e. The Morgan fingerprint density at radius 2 is 1.29 bits per heavy atom. The van der Waals surface area contributed by atoms with Gasteiger partial charge in [0.05, 0.1) is 6.61 Å². The van der Waals surface area contributed by atoms with Gasteiger partial charge in [-0.1, -0.05) is 72.8 Å². The van der Waals surface area contributed by atoms with Crippen LogP contribution in [0.15, 0.2) is 72.8 Å². The largest absolute Gasteiger partial charge is 0.450 e. The number of amides is 1. The fourth-order valence-electron chi connectivity index (χ4n) is 4.30. The number of carbonyl (C=O) groups is 1. The third-order valence-electron chi connectivity index (χ3n) is 5.53. The first-order valence-corrected chi connectivity index (χ1v) is 9.69. The highest BCUT2D eigenvalue weighted by Crippen LogP contribution is 2.42. The fraction of sp³-hybridized carbons (Fsp3) is 0.160. The summed E-state index contributed by atoms with van der Waals surface area (Å²) in [5.41, 5.74) is 4.78. The third kappa shape index (κ3) is 2.63. The van der Waals surface area contributed by atoms with Crippen LogP contribution in [0.4, 0.5) is 4.79 Å². The number of rotatable bonds is 1. The number of hydrogen-bond donors (Lipinski definition) is 0. The maximum absolute atomic E-state index is 12.6. The van der Waals surface area contributed by atoms with E-state index in [0.29, 0.717) is 19.7 Å². The highest BCUT2D eigenvalue weighted by atomic mass is 16.6. The molecular formula is C25H21NO2. The minimum absolute atomic E-state index is 0.261. The lowest BCUT2D eigenvalue weighted by molar-refractivity contribution is 0.102. The monoisotopic (exact) mass is 367 g/mol. The molecule has 3 heteroatoms. The van der Waals surface area contributed by atoms with Crippen LogP contribution in [0.2, 0.25) is 0 Å². The van der Waals surface area contributed by atoms with Crippen molar-refractivity contribution in [3.8, 4) is 11.1 Å². The van der Waals surface area contributed by atoms with E-state index >= 15 is 0 Å². The Morgan fingerprint density at radius 1 is 0.786 bits per heavy atom. The van der Waals surface area contributed by atoms with Crippen molar-refractivity contribution < 1.29 is 9.53 Å². The van der Waals surface area contributed by atoms with Crippen molar-refractivity contribution in [2.75, 3.05) is 6.61 Å². The number of carbonyl (C=O) groups excluding carboxylic acids is 1. The molecule has 0 atom stereocenters. The zero-order valence-electron chi connectivity index (χ0n) is 15.8. The van der Waals surface area contributed by atoms with E-state index in [1.165, 1.54) is 32.7 Å². The first-order chi connectivity index (χ1) is 13.8. The molecule has 1 amide bonds. The molecule has 5 rings (SSSR count). The third-order valence-corrected chi connectivity index (χ3v) is 5.53. The summed E-state index contributed by atoms with van der Waals surface area (Å²) >= 11 is 0. The molecule has 0 fully saturated rings. The van der Waals surface area contributed by atoms with Crippen LogP contribution < -0.4 is 0 Å². The maximum atomic E-state index is 12.6. The van der Waals surface area contributed by atoms with Crippen molar-refractivity contribution in [3.63, 3.8) is 0 Å². The van der Waals surface area contributed by atoms with E-state index in [-0.39, 0.29) is 6.09 Å². The summed E-state index contributed by atoms with van der Waals surface area (Å²) in [6, 6.07) is 25.6. The topological polar surface area (TPSA) is 29.5 Å². The van der Waals surface area contributed by atoms with Gasteiger partial charge in [0, 0.05) is 13.1 Å². The molecule has 1 heterocycles. The smallest absolute Gasteiger partial charge is 0.410 e. The number of nitrogens with zero attached hydrogens (tertiary/aromatic N) is 1. The van der Waals surface area contributed by atoms with Gasteiger partial charge in [-0.2, -0.15) is 0 Å². The van der Waals surface area contributed by atoms with Crippen molar-refractivity contribution in [2.45, 2.75) is 20.0 Å². The first kappa shape index (κ1) is 16.8. The van der Waals surface area contributed by atoms with Gasteiger partial charge in [-0.25, -0.2) is 4.79 Å². The van der Waals surface area contributed by atoms with E-state index in [1.54, 1.807) is 4.90 Å². The Labute approximate surface area is 164 Å². The highest BCUT2D eigenvalue weighted by Gasteiger charge is 2.26. The van der Waals surface area contributed by atoms with Gasteiger partial charge >= 0.3 is 6.09 Å². The Morgan fingerprint density at radius 3 is 1.79 bits per heavy atom. The minimum atomic E-state index is -0.261. The normalized spacial score (nSPS) is 13.1. The van der Waals surface area contributed by atoms with Gasteiger partial charge in [0.25, 0.3) is 0 Å². The second kappa shape index (κ2) is 6.68. The van der Waals surface area contributed by atoms with Gasteiger partial charge < -0.3 is 4.74 Å². The Balaban J connectivity index is 1.86. The average molecular weight is 367 g/mol. The van der Waals surface area contributed by atoms with E-state index in [4.69, 9.17) is 4.74 Å². The molecule has 4 aromatic carbocycles. The molecule has 4 aromatic rings. The van der Waals surface area contributed by atoms with E-state index in [2.05, 4.69) is 72.8 Å². The molecule has 0 aromatic heterocycles. The van der Waals surface area contributed by atoms with Crippen LogP contribution in [-0.4, -0.2) is 17.6 Å². The van der Waals surface area contributed by atoms with Gasteiger partial charge in [0.1, 0.15) is 0 Å². The van der Waals surface area contributed by atoms with Crippen LogP contribution >= 0.6 is 0 Å². The van der Waals surface area contributed by atoms with E-state index in [1.807, 2.05) is 6.92 Å². The summed E-state index contributed by atoms with van der Waals surface area (Å²) in [7, 11) is 0. The van der Waals surface area contributed by atoms with Gasteiger partial charge in [0.15, 0.2) is 0 Å². The zero-order chi connectivity index (χ0) is 19.1. The SMILES string of the molecule is CCOC(=O)N1Cc2ccc3ccccc3c2-c2c(ccc3ccccc23)C1. The molecule has 0 unspecified atom stereocenters. The van der Waals surface area contributed by atoms with Crippen LogP contribution in [0.1, 0.15) is 18.1 Å². The summed E-state index contributed by atoms with van der Waals surface area (Å²) in [6.45, 7) is 3.31. The van der Waals surface area contributed by atoms with Crippen LogP contribution in [0.25, 0.3) is 32.7 Å². The highest BCUT2D eigenvalue weighted by molar-refractivity contribution is 6.08. The number of benzene rings is 4. The van der Waals surface area contributed by atoms with Crippen molar-refractivity contribution >= 4 is 27.6 Å². The fourth-order valence-corrected chi connectivity index (χ4v) is 4.30. The number of ether oxygens (including phenoxy) is 1. The number of fused-ring (bicyclic) bond motifs is 7. The molecule has 28 heavy (non-hydrogen) atoms. The predicted molar refractivity (Wildman–Crippen MR) is 113 cm³/mol. The predicted octanol–water partition coefficient (Wildman–Crippen LogP) is 6.13. The average Bonchev–Trinajstić information content (AvgIpc) is 2.91. The molecule has 1 aliphatic heterocycles. The number of hydrogen-bond acceptors (Lipinski definition) is 2. The molecule has 0 saturated carbocycles. The van der Waals surface area contributed by atoms with Crippen molar-refractivity contribution in [3.05, 3.63) is 83.9 Å². The molecule has 1 aliphatic rings. The molecule has 0 saturated heterocycles. The lowest BCUT2D eigenvalue weighted by atomic mass is 9.88. The Kier molecular flexibility index (Phi) is 4.01. The molecule has 138 valence electrons. The van der Waals surface area contributed by atoms with Gasteiger partial charge in [-0.3, -0.25) is 4.90 Å². The van der Waals surface area contributed by atoms with Crippen molar-refractivity contribution in [1.82, 2.24) is 4.90 Å². The molecule has 0 N–H and O–H groups in total. The summed E-state index contributed by atoms with van der Waals surface area (Å²) in [5, 5.41) is 4.88. The van der Waals surface area contributed by atoms with E-state index in [0.717, 1.165) is 11.1 Å². The van der Waals surface area contributed by atoms with Gasteiger partial charge in [-0.15, -0.1) is 0 Å². The minimum Gasteiger partial charge on any atom is -0.450 e. The van der Waals surface area contributed by atoms with Crippen LogP contribution in [0.3, 0.4) is 0 Å². The zero-order valence-corrected chi connectivity index (χ0v) is 15.8. The van der Waals surface area contributed by atoms with Gasteiger partial charge in [0.2, 0.25) is 0 Å². The molecular weight excluding hydrogens is 346 g/mol. The lowest BCUT2D eigenvalue weighted by Crippen LogP contribution is -2.30. The standard InChI is InChI=1S/C25H21NO2/c1-2-28-25(27)26-15-19-13-11-17-7-3-5-9-21(17)23(19)24-20(16-26)14-12-18-8-4-6-10-22(18)24/h3-14H,2,15-16H2,1H3. The molecule has 3 nitrogen and oxygen atoms in total. The van der Waals surface area contributed by atoms with E-state index < -0.39 is 0 Å². The summed E-state index contributed by atoms with van der Waals surface area (Å²) < 4.78 is 5.33. The second-order valence-corrected chi connectivity index (χ2v) is 7.20. The molecule has 0 aliphatic carbocycles. The van der Waals surface area contributed by atoms with Crippen LogP contribution in [0, 0.1) is 0 Å². The van der Waals surface area contributed by atoms with Crippen LogP contribution in [-0.2, 0) is 17.8 Å². The molecule has 0 spiro atoms. The van der Waals surface area contributed by atoms with E-state index in [9.17, 15) is 4.79 Å². The van der Waals surface area contributed by atoms with Gasteiger partial charge in [-0.05, 0) is 50.7 Å². The summed E-state index contributed by atoms with van der Waals surface area (Å²) in [4.78, 5) is 14.4. The Hall–Kier alpha value is -3.33. The van der Waals surface area contributed by atoms with Crippen molar-refractivity contribution in [2.24, 2.45) is 0 Å². The Bertz CT molecular complexity index is 1120. The quantitative estimate of drug-likeness (QED) is 0.405. The molecule has 0 bridgehead atoms. The summed E-state index contributed by atoms with van der Waals surface area (Å²) in [5.74, 6) is 0.